The predicted octanol–water partition coefficient (Wildman–Crippen LogP) is 15.2. The van der Waals surface area contributed by atoms with E-state index in [-0.39, 0.29) is 32.2 Å². The molecular weight excluding hydrogens is 806 g/mol. The molecule has 0 amide bonds. The number of phosphoric acid groups is 1. The Kier molecular flexibility index (Phi) is 44.9. The number of carbonyl (C=O) groups excluding carboxylic acids is 1. The van der Waals surface area contributed by atoms with Crippen molar-refractivity contribution < 1.29 is 37.3 Å². The molecule has 0 saturated heterocycles. The Morgan fingerprint density at radius 3 is 1.40 bits per heavy atom. The van der Waals surface area contributed by atoms with Crippen molar-refractivity contribution in [2.24, 2.45) is 0 Å². The van der Waals surface area contributed by atoms with E-state index in [9.17, 15) is 14.3 Å². The van der Waals surface area contributed by atoms with Crippen molar-refractivity contribution in [1.29, 1.82) is 0 Å². The molecule has 0 rings (SSSR count). The maximum absolute atomic E-state index is 12.7. The molecule has 0 fully saturated rings. The van der Waals surface area contributed by atoms with Crippen LogP contribution in [0.5, 0.6) is 0 Å². The molecule has 63 heavy (non-hydrogen) atoms. The van der Waals surface area contributed by atoms with Gasteiger partial charge in [-0.2, -0.15) is 0 Å². The third-order valence-corrected chi connectivity index (χ3v) is 11.7. The van der Waals surface area contributed by atoms with Gasteiger partial charge >= 0.3 is 5.97 Å². The highest BCUT2D eigenvalue weighted by molar-refractivity contribution is 7.45. The molecule has 0 bridgehead atoms. The summed E-state index contributed by atoms with van der Waals surface area (Å²) in [5, 5.41) is 0. The zero-order valence-electron chi connectivity index (χ0n) is 41.5. The molecule has 0 aromatic rings. The second-order valence-corrected chi connectivity index (χ2v) is 19.6. The van der Waals surface area contributed by atoms with Gasteiger partial charge in [0.15, 0.2) is 0 Å². The van der Waals surface area contributed by atoms with Crippen LogP contribution >= 0.6 is 7.82 Å². The predicted molar refractivity (Wildman–Crippen MR) is 268 cm³/mol. The maximum atomic E-state index is 12.7. The fourth-order valence-corrected chi connectivity index (χ4v) is 7.53. The van der Waals surface area contributed by atoms with Gasteiger partial charge in [0.2, 0.25) is 0 Å². The van der Waals surface area contributed by atoms with Gasteiger partial charge in [-0.15, -0.1) is 0 Å². The monoisotopic (exact) mass is 904 g/mol. The standard InChI is InChI=1S/C54H98NO7P/c1-6-8-10-12-14-16-18-20-22-24-26-28-29-31-33-35-37-39-41-43-45-47-54(56)62-53(52-61-63(57,58)60-50-48-55(3,4)5)51-59-49-46-44-42-40-38-36-34-32-30-27-25-23-21-19-17-15-13-11-9-7-2/h8,10,14,16,20-23,26,28,31,33,53H,6-7,9,11-13,15,17-19,24-25,27,29-30,32,34-52H2,1-5H3/b10-8-,16-14-,22-20-,23-21-,28-26-,33-31-. The normalized spacial score (nSPS) is 14.2. The largest absolute Gasteiger partial charge is 0.756 e. The summed E-state index contributed by atoms with van der Waals surface area (Å²) in [6, 6.07) is 0. The number of nitrogens with zero attached hydrogens (tertiary/aromatic N) is 1. The Morgan fingerprint density at radius 2 is 0.921 bits per heavy atom. The van der Waals surface area contributed by atoms with Crippen molar-refractivity contribution in [3.05, 3.63) is 72.9 Å². The van der Waals surface area contributed by atoms with E-state index in [4.69, 9.17) is 18.5 Å². The Morgan fingerprint density at radius 1 is 0.508 bits per heavy atom. The van der Waals surface area contributed by atoms with Gasteiger partial charge in [0.1, 0.15) is 19.3 Å². The SMILES string of the molecule is CC/C=C\C/C=C\C/C=C\C/C=C\C/C=C\CCCCCCCC(=O)OC(COCCCCCCCCCCCC/C=C\CCCCCCCC)COP(=O)([O-])OCC[N+](C)(C)C. The lowest BCUT2D eigenvalue weighted by molar-refractivity contribution is -0.870. The van der Waals surface area contributed by atoms with Crippen LogP contribution < -0.4 is 4.89 Å². The van der Waals surface area contributed by atoms with E-state index >= 15 is 0 Å². The minimum Gasteiger partial charge on any atom is -0.756 e. The van der Waals surface area contributed by atoms with Gasteiger partial charge in [-0.3, -0.25) is 9.36 Å². The maximum Gasteiger partial charge on any atom is 0.306 e. The third kappa shape index (κ3) is 50.8. The summed E-state index contributed by atoms with van der Waals surface area (Å²) in [5.74, 6) is -0.353. The van der Waals surface area contributed by atoms with Crippen molar-refractivity contribution in [3.8, 4) is 0 Å². The zero-order chi connectivity index (χ0) is 46.2. The zero-order valence-corrected chi connectivity index (χ0v) is 42.4. The van der Waals surface area contributed by atoms with Gasteiger partial charge < -0.3 is 27.9 Å². The molecule has 0 aliphatic heterocycles. The Hall–Kier alpha value is -2.06. The van der Waals surface area contributed by atoms with Gasteiger partial charge in [-0.1, -0.05) is 189 Å². The van der Waals surface area contributed by atoms with Gasteiger partial charge in [0.25, 0.3) is 7.82 Å². The van der Waals surface area contributed by atoms with Crippen LogP contribution in [0.25, 0.3) is 0 Å². The lowest BCUT2D eigenvalue weighted by atomic mass is 10.1. The van der Waals surface area contributed by atoms with Crippen LogP contribution in [0.1, 0.15) is 206 Å². The number of ether oxygens (including phenoxy) is 2. The van der Waals surface area contributed by atoms with E-state index in [0.717, 1.165) is 83.5 Å². The van der Waals surface area contributed by atoms with Gasteiger partial charge in [0, 0.05) is 13.0 Å². The summed E-state index contributed by atoms with van der Waals surface area (Å²) >= 11 is 0. The Labute approximate surface area is 389 Å². The molecule has 366 valence electrons. The topological polar surface area (TPSA) is 94.1 Å². The quantitative estimate of drug-likeness (QED) is 0.0197. The van der Waals surface area contributed by atoms with Crippen LogP contribution in [0.2, 0.25) is 0 Å². The fourth-order valence-electron chi connectivity index (χ4n) is 6.80. The van der Waals surface area contributed by atoms with Crippen molar-refractivity contribution in [3.63, 3.8) is 0 Å². The molecule has 0 aliphatic rings. The molecular formula is C54H98NO7P. The Balaban J connectivity index is 4.20. The van der Waals surface area contributed by atoms with E-state index in [1.807, 2.05) is 21.1 Å². The number of likely N-dealkylation sites (N-methyl/N-ethyl adjacent to an activating group) is 1. The first-order valence-electron chi connectivity index (χ1n) is 25.7. The fraction of sp³-hybridized carbons (Fsp3) is 0.759. The minimum absolute atomic E-state index is 0.0187. The Bertz CT molecular complexity index is 1230. The second-order valence-electron chi connectivity index (χ2n) is 18.1. The summed E-state index contributed by atoms with van der Waals surface area (Å²) in [7, 11) is 1.33. The van der Waals surface area contributed by atoms with E-state index in [1.165, 1.54) is 103 Å². The van der Waals surface area contributed by atoms with Crippen molar-refractivity contribution in [1.82, 2.24) is 0 Å². The van der Waals surface area contributed by atoms with Crippen molar-refractivity contribution >= 4 is 13.8 Å². The van der Waals surface area contributed by atoms with E-state index < -0.39 is 13.9 Å². The highest BCUT2D eigenvalue weighted by Crippen LogP contribution is 2.38. The lowest BCUT2D eigenvalue weighted by Gasteiger charge is -2.28. The summed E-state index contributed by atoms with van der Waals surface area (Å²) in [5.41, 5.74) is 0. The van der Waals surface area contributed by atoms with Crippen molar-refractivity contribution in [2.45, 2.75) is 213 Å². The van der Waals surface area contributed by atoms with Gasteiger partial charge in [0.05, 0.1) is 34.4 Å². The molecule has 9 heteroatoms. The van der Waals surface area contributed by atoms with Crippen LogP contribution in [0.3, 0.4) is 0 Å². The molecule has 0 spiro atoms. The number of hydrogen-bond donors (Lipinski definition) is 0. The molecule has 0 heterocycles. The molecule has 0 N–H and O–H groups in total. The average Bonchev–Trinajstić information content (AvgIpc) is 3.24. The number of rotatable bonds is 47. The van der Waals surface area contributed by atoms with E-state index in [1.54, 1.807) is 0 Å². The summed E-state index contributed by atoms with van der Waals surface area (Å²) in [6.07, 6.45) is 60.6. The number of esters is 1. The lowest BCUT2D eigenvalue weighted by Crippen LogP contribution is -2.37. The molecule has 0 aromatic carbocycles. The smallest absolute Gasteiger partial charge is 0.306 e. The van der Waals surface area contributed by atoms with Gasteiger partial charge in [-0.25, -0.2) is 0 Å². The van der Waals surface area contributed by atoms with E-state index in [2.05, 4.69) is 86.8 Å². The van der Waals surface area contributed by atoms with Crippen molar-refractivity contribution in [2.75, 3.05) is 54.1 Å². The molecule has 0 aromatic heterocycles. The van der Waals surface area contributed by atoms with Gasteiger partial charge in [-0.05, 0) is 83.5 Å². The summed E-state index contributed by atoms with van der Waals surface area (Å²) in [4.78, 5) is 25.2. The molecule has 2 atom stereocenters. The van der Waals surface area contributed by atoms with Crippen LogP contribution in [0.4, 0.5) is 0 Å². The first kappa shape index (κ1) is 60.9. The van der Waals surface area contributed by atoms with Crippen LogP contribution in [0, 0.1) is 0 Å². The number of carbonyl (C=O) groups is 1. The highest BCUT2D eigenvalue weighted by Gasteiger charge is 2.20. The number of hydrogen-bond acceptors (Lipinski definition) is 7. The minimum atomic E-state index is -4.54. The molecule has 0 aliphatic carbocycles. The number of quaternary nitrogens is 1. The second kappa shape index (κ2) is 46.5. The molecule has 2 unspecified atom stereocenters. The average molecular weight is 904 g/mol. The first-order valence-corrected chi connectivity index (χ1v) is 27.1. The summed E-state index contributed by atoms with van der Waals surface area (Å²) < 4.78 is 34.7. The van der Waals surface area contributed by atoms with Crippen LogP contribution in [-0.4, -0.2) is 70.7 Å². The van der Waals surface area contributed by atoms with Crippen LogP contribution in [-0.2, 0) is 27.9 Å². The molecule has 0 radical (unpaired) electrons. The summed E-state index contributed by atoms with van der Waals surface area (Å²) in [6.45, 7) is 5.27. The molecule has 8 nitrogen and oxygen atoms in total. The van der Waals surface area contributed by atoms with E-state index in [0.29, 0.717) is 17.6 Å². The third-order valence-electron chi connectivity index (χ3n) is 10.7. The number of allylic oxidation sites excluding steroid dienone is 12. The highest BCUT2D eigenvalue weighted by atomic mass is 31.2. The number of unbranched alkanes of at least 4 members (excludes halogenated alkanes) is 21. The van der Waals surface area contributed by atoms with Crippen LogP contribution in [0.15, 0.2) is 72.9 Å². The first-order chi connectivity index (χ1) is 30.6. The molecule has 0 saturated carbocycles. The number of phosphoric ester groups is 1.